The molecule has 0 aromatic carbocycles. The lowest BCUT2D eigenvalue weighted by Crippen LogP contribution is -2.12. The van der Waals surface area contributed by atoms with Crippen molar-refractivity contribution in [2.45, 2.75) is 6.23 Å². The largest absolute Gasteiger partial charge is 0.480 e. The first-order valence-corrected chi connectivity index (χ1v) is 3.04. The SMILES string of the molecule is COc1nccnc1C(N)O. The molecule has 1 heterocycles. The van der Waals surface area contributed by atoms with E-state index < -0.39 is 6.23 Å². The van der Waals surface area contributed by atoms with Crippen molar-refractivity contribution < 1.29 is 9.84 Å². The third-order valence-corrected chi connectivity index (χ3v) is 1.16. The molecule has 0 saturated carbocycles. The second kappa shape index (κ2) is 3.27. The number of ether oxygens (including phenoxy) is 1. The predicted octanol–water partition coefficient (Wildman–Crippen LogP) is -0.565. The molecule has 0 bridgehead atoms. The summed E-state index contributed by atoms with van der Waals surface area (Å²) in [6.45, 7) is 0. The van der Waals surface area contributed by atoms with Gasteiger partial charge in [0.15, 0.2) is 6.23 Å². The van der Waals surface area contributed by atoms with Crippen molar-refractivity contribution in [3.63, 3.8) is 0 Å². The van der Waals surface area contributed by atoms with Crippen molar-refractivity contribution in [2.75, 3.05) is 7.11 Å². The van der Waals surface area contributed by atoms with Crippen LogP contribution in [-0.2, 0) is 0 Å². The molecule has 1 unspecified atom stereocenters. The Labute approximate surface area is 63.8 Å². The number of nitrogens with two attached hydrogens (primary N) is 1. The van der Waals surface area contributed by atoms with Crippen LogP contribution in [0.4, 0.5) is 0 Å². The van der Waals surface area contributed by atoms with E-state index in [2.05, 4.69) is 9.97 Å². The smallest absolute Gasteiger partial charge is 0.239 e. The first-order chi connectivity index (χ1) is 5.25. The second-order valence-electron chi connectivity index (χ2n) is 1.90. The molecule has 0 spiro atoms. The fourth-order valence-corrected chi connectivity index (χ4v) is 0.696. The van der Waals surface area contributed by atoms with Gasteiger partial charge in [-0.1, -0.05) is 0 Å². The second-order valence-corrected chi connectivity index (χ2v) is 1.90. The summed E-state index contributed by atoms with van der Waals surface area (Å²) >= 11 is 0. The van der Waals surface area contributed by atoms with E-state index in [0.29, 0.717) is 0 Å². The summed E-state index contributed by atoms with van der Waals surface area (Å²) in [5.41, 5.74) is 5.41. The van der Waals surface area contributed by atoms with E-state index >= 15 is 0 Å². The van der Waals surface area contributed by atoms with Gasteiger partial charge in [0.2, 0.25) is 5.88 Å². The quantitative estimate of drug-likeness (QED) is 0.559. The summed E-state index contributed by atoms with van der Waals surface area (Å²) in [5, 5.41) is 8.93. The zero-order valence-electron chi connectivity index (χ0n) is 6.06. The molecule has 0 fully saturated rings. The van der Waals surface area contributed by atoms with Crippen molar-refractivity contribution in [2.24, 2.45) is 5.73 Å². The molecule has 1 aromatic rings. The van der Waals surface area contributed by atoms with Gasteiger partial charge >= 0.3 is 0 Å². The van der Waals surface area contributed by atoms with Crippen LogP contribution in [0.5, 0.6) is 5.88 Å². The minimum Gasteiger partial charge on any atom is -0.480 e. The maximum Gasteiger partial charge on any atom is 0.239 e. The third-order valence-electron chi connectivity index (χ3n) is 1.16. The molecule has 0 aliphatic heterocycles. The van der Waals surface area contributed by atoms with Gasteiger partial charge in [-0.25, -0.2) is 9.97 Å². The summed E-state index contributed by atoms with van der Waals surface area (Å²) in [4.78, 5) is 7.58. The molecule has 0 aliphatic carbocycles. The molecule has 0 aliphatic rings. The van der Waals surface area contributed by atoms with E-state index in [1.54, 1.807) is 0 Å². The van der Waals surface area contributed by atoms with Crippen LogP contribution in [0, 0.1) is 0 Å². The molecule has 3 N–H and O–H groups in total. The first-order valence-electron chi connectivity index (χ1n) is 3.04. The summed E-state index contributed by atoms with van der Waals surface area (Å²) in [7, 11) is 1.44. The van der Waals surface area contributed by atoms with Gasteiger partial charge in [0.25, 0.3) is 0 Å². The average Bonchev–Trinajstić information content (AvgIpc) is 2.04. The van der Waals surface area contributed by atoms with Crippen molar-refractivity contribution in [1.82, 2.24) is 9.97 Å². The summed E-state index contributed by atoms with van der Waals surface area (Å²) in [6, 6.07) is 0. The Morgan fingerprint density at radius 1 is 1.55 bits per heavy atom. The maximum absolute atomic E-state index is 8.93. The van der Waals surface area contributed by atoms with Crippen molar-refractivity contribution >= 4 is 0 Å². The van der Waals surface area contributed by atoms with E-state index in [4.69, 9.17) is 15.6 Å². The van der Waals surface area contributed by atoms with Crippen LogP contribution < -0.4 is 10.5 Å². The Bertz CT molecular complexity index is 239. The summed E-state index contributed by atoms with van der Waals surface area (Å²) in [5.74, 6) is 0.252. The normalized spacial score (nSPS) is 12.6. The Kier molecular flexibility index (Phi) is 2.35. The van der Waals surface area contributed by atoms with Crippen LogP contribution in [0.15, 0.2) is 12.4 Å². The number of hydrogen-bond donors (Lipinski definition) is 2. The molecule has 60 valence electrons. The van der Waals surface area contributed by atoms with Gasteiger partial charge in [0.1, 0.15) is 5.69 Å². The predicted molar refractivity (Wildman–Crippen MR) is 37.7 cm³/mol. The van der Waals surface area contributed by atoms with Gasteiger partial charge in [-0.2, -0.15) is 0 Å². The molecule has 1 aromatic heterocycles. The van der Waals surface area contributed by atoms with Crippen LogP contribution in [0.3, 0.4) is 0 Å². The molecule has 0 saturated heterocycles. The zero-order chi connectivity index (χ0) is 8.27. The zero-order valence-corrected chi connectivity index (χ0v) is 6.06. The summed E-state index contributed by atoms with van der Waals surface area (Å²) < 4.78 is 4.79. The lowest BCUT2D eigenvalue weighted by Gasteiger charge is -2.06. The van der Waals surface area contributed by atoms with E-state index in [0.717, 1.165) is 0 Å². The van der Waals surface area contributed by atoms with E-state index in [1.807, 2.05) is 0 Å². The lowest BCUT2D eigenvalue weighted by molar-refractivity contribution is 0.175. The highest BCUT2D eigenvalue weighted by atomic mass is 16.5. The van der Waals surface area contributed by atoms with E-state index in [-0.39, 0.29) is 11.6 Å². The summed E-state index contributed by atoms with van der Waals surface area (Å²) in [6.07, 6.45) is 1.76. The lowest BCUT2D eigenvalue weighted by atomic mass is 10.4. The topological polar surface area (TPSA) is 81.3 Å². The molecule has 11 heavy (non-hydrogen) atoms. The van der Waals surface area contributed by atoms with Crippen molar-refractivity contribution in [1.29, 1.82) is 0 Å². The van der Waals surface area contributed by atoms with Gasteiger partial charge in [0, 0.05) is 12.4 Å². The number of aliphatic hydroxyl groups excluding tert-OH is 1. The van der Waals surface area contributed by atoms with Crippen molar-refractivity contribution in [3.8, 4) is 5.88 Å². The Hall–Kier alpha value is -1.20. The molecule has 5 nitrogen and oxygen atoms in total. The number of hydrogen-bond acceptors (Lipinski definition) is 5. The molecule has 1 atom stereocenters. The number of nitrogens with zero attached hydrogens (tertiary/aromatic N) is 2. The van der Waals surface area contributed by atoms with Gasteiger partial charge in [-0.3, -0.25) is 0 Å². The standard InChI is InChI=1S/C6H9N3O2/c1-11-6-4(5(7)10)8-2-3-9-6/h2-3,5,10H,7H2,1H3. The Balaban J connectivity index is 3.02. The first kappa shape index (κ1) is 7.90. The van der Waals surface area contributed by atoms with Crippen LogP contribution in [0.25, 0.3) is 0 Å². The minimum atomic E-state index is -1.14. The van der Waals surface area contributed by atoms with Crippen LogP contribution in [0.1, 0.15) is 11.9 Å². The fraction of sp³-hybridized carbons (Fsp3) is 0.333. The van der Waals surface area contributed by atoms with Gasteiger partial charge < -0.3 is 15.6 Å². The number of rotatable bonds is 2. The average molecular weight is 155 g/mol. The van der Waals surface area contributed by atoms with E-state index in [9.17, 15) is 0 Å². The molecule has 0 radical (unpaired) electrons. The highest BCUT2D eigenvalue weighted by Gasteiger charge is 2.09. The van der Waals surface area contributed by atoms with Gasteiger partial charge in [0.05, 0.1) is 7.11 Å². The van der Waals surface area contributed by atoms with Crippen LogP contribution >= 0.6 is 0 Å². The van der Waals surface area contributed by atoms with Crippen LogP contribution in [-0.4, -0.2) is 22.2 Å². The maximum atomic E-state index is 8.93. The number of aromatic nitrogens is 2. The molecular weight excluding hydrogens is 146 g/mol. The highest BCUT2D eigenvalue weighted by molar-refractivity contribution is 5.18. The molecule has 1 rings (SSSR count). The minimum absolute atomic E-state index is 0.245. The monoisotopic (exact) mass is 155 g/mol. The Morgan fingerprint density at radius 3 is 2.64 bits per heavy atom. The van der Waals surface area contributed by atoms with Crippen molar-refractivity contribution in [3.05, 3.63) is 18.1 Å². The third kappa shape index (κ3) is 1.63. The number of methoxy groups -OCH3 is 1. The van der Waals surface area contributed by atoms with E-state index in [1.165, 1.54) is 19.5 Å². The highest BCUT2D eigenvalue weighted by Crippen LogP contribution is 2.14. The van der Waals surface area contributed by atoms with Crippen LogP contribution in [0.2, 0.25) is 0 Å². The molecule has 0 amide bonds. The molecule has 5 heteroatoms. The van der Waals surface area contributed by atoms with Gasteiger partial charge in [-0.05, 0) is 0 Å². The Morgan fingerprint density at radius 2 is 2.18 bits per heavy atom. The number of aliphatic hydroxyl groups is 1. The van der Waals surface area contributed by atoms with Gasteiger partial charge in [-0.15, -0.1) is 0 Å². The fourth-order valence-electron chi connectivity index (χ4n) is 0.696. The molecular formula is C6H9N3O2.